The average Bonchev–Trinajstić information content (AvgIpc) is 2.44. The van der Waals surface area contributed by atoms with E-state index in [0.29, 0.717) is 19.3 Å². The molecule has 4 heteroatoms. The Morgan fingerprint density at radius 2 is 1.76 bits per heavy atom. The van der Waals surface area contributed by atoms with Crippen molar-refractivity contribution >= 4 is 11.9 Å². The van der Waals surface area contributed by atoms with Gasteiger partial charge in [-0.25, -0.2) is 0 Å². The van der Waals surface area contributed by atoms with Crippen LogP contribution in [0.2, 0.25) is 0 Å². The van der Waals surface area contributed by atoms with Crippen LogP contribution in [0, 0.1) is 5.92 Å². The number of carbonyl (C=O) groups excluding carboxylic acids is 2. The molecule has 116 valence electrons. The summed E-state index contributed by atoms with van der Waals surface area (Å²) in [6.45, 7) is 2.12. The number of aliphatic carboxylic acids is 2. The van der Waals surface area contributed by atoms with Crippen molar-refractivity contribution in [3.63, 3.8) is 0 Å². The fourth-order valence-electron chi connectivity index (χ4n) is 2.43. The van der Waals surface area contributed by atoms with E-state index in [2.05, 4.69) is 6.92 Å². The molecule has 1 unspecified atom stereocenters. The Morgan fingerprint density at radius 3 is 2.33 bits per heavy atom. The van der Waals surface area contributed by atoms with Gasteiger partial charge in [0.25, 0.3) is 0 Å². The molecule has 0 aliphatic carbocycles. The first-order valence-corrected chi connectivity index (χ1v) is 7.52. The Labute approximate surface area is 125 Å². The lowest BCUT2D eigenvalue weighted by atomic mass is 9.90. The molecule has 1 rings (SSSR count). The van der Waals surface area contributed by atoms with Gasteiger partial charge in [-0.3, -0.25) is 0 Å². The van der Waals surface area contributed by atoms with E-state index in [0.717, 1.165) is 24.8 Å². The quantitative estimate of drug-likeness (QED) is 0.640. The highest BCUT2D eigenvalue weighted by atomic mass is 16.4. The zero-order valence-electron chi connectivity index (χ0n) is 12.5. The van der Waals surface area contributed by atoms with Gasteiger partial charge >= 0.3 is 0 Å². The second-order valence-electron chi connectivity index (χ2n) is 5.36. The topological polar surface area (TPSA) is 80.3 Å². The summed E-state index contributed by atoms with van der Waals surface area (Å²) in [6, 6.07) is 7.83. The van der Waals surface area contributed by atoms with Crippen LogP contribution in [-0.4, -0.2) is 11.9 Å². The number of carbonyl (C=O) groups is 2. The zero-order valence-corrected chi connectivity index (χ0v) is 12.5. The first-order chi connectivity index (χ1) is 10.0. The van der Waals surface area contributed by atoms with Crippen molar-refractivity contribution in [3.8, 4) is 0 Å². The molecule has 0 saturated carbocycles. The maximum absolute atomic E-state index is 11.2. The Bertz CT molecular complexity index is 468. The molecule has 0 aromatic heterocycles. The minimum atomic E-state index is -1.14. The van der Waals surface area contributed by atoms with Crippen molar-refractivity contribution in [1.82, 2.24) is 0 Å². The Morgan fingerprint density at radius 1 is 1.10 bits per heavy atom. The largest absolute Gasteiger partial charge is 0.550 e. The third kappa shape index (κ3) is 6.43. The number of carboxylic acid groups (broad SMARTS) is 2. The summed E-state index contributed by atoms with van der Waals surface area (Å²) in [7, 11) is 0. The highest BCUT2D eigenvalue weighted by molar-refractivity contribution is 5.68. The minimum Gasteiger partial charge on any atom is -0.550 e. The fourth-order valence-corrected chi connectivity index (χ4v) is 2.43. The number of hydrogen-bond donors (Lipinski definition) is 0. The first-order valence-electron chi connectivity index (χ1n) is 7.52. The minimum absolute atomic E-state index is 0.110. The number of aryl methyl sites for hydroxylation is 1. The lowest BCUT2D eigenvalue weighted by Gasteiger charge is -2.20. The predicted octanol–water partition coefficient (Wildman–Crippen LogP) is 0.858. The van der Waals surface area contributed by atoms with E-state index in [9.17, 15) is 19.8 Å². The van der Waals surface area contributed by atoms with E-state index < -0.39 is 17.9 Å². The standard InChI is InChI=1S/C17H24O4/c1-2-3-7-13-8-4-5-9-14(13)12-15(17(20)21)10-6-11-16(18)19/h4-5,8-9,15H,2-3,6-7,10-12H2,1H3,(H,18,19)(H,20,21)/p-2. The molecule has 1 atom stereocenters. The summed E-state index contributed by atoms with van der Waals surface area (Å²) in [6.07, 6.45) is 3.99. The summed E-state index contributed by atoms with van der Waals surface area (Å²) in [5, 5.41) is 21.6. The molecular formula is C17H22O4-2. The van der Waals surface area contributed by atoms with Gasteiger partial charge < -0.3 is 19.8 Å². The van der Waals surface area contributed by atoms with Gasteiger partial charge in [0, 0.05) is 17.9 Å². The van der Waals surface area contributed by atoms with Crippen LogP contribution in [0.15, 0.2) is 24.3 Å². The van der Waals surface area contributed by atoms with E-state index in [1.54, 1.807) is 0 Å². The molecule has 0 aliphatic heterocycles. The van der Waals surface area contributed by atoms with Crippen LogP contribution in [0.25, 0.3) is 0 Å². The summed E-state index contributed by atoms with van der Waals surface area (Å²) in [5.74, 6) is -2.90. The molecule has 1 aromatic rings. The number of unbranched alkanes of at least 4 members (excludes halogenated alkanes) is 1. The monoisotopic (exact) mass is 290 g/mol. The Kier molecular flexibility index (Phi) is 7.51. The van der Waals surface area contributed by atoms with Crippen molar-refractivity contribution in [2.75, 3.05) is 0 Å². The SMILES string of the molecule is CCCCc1ccccc1CC(CCCC(=O)[O-])C(=O)[O-]. The molecule has 1 aromatic carbocycles. The van der Waals surface area contributed by atoms with Crippen LogP contribution in [0.1, 0.15) is 50.2 Å². The molecular weight excluding hydrogens is 268 g/mol. The number of hydrogen-bond acceptors (Lipinski definition) is 4. The summed E-state index contributed by atoms with van der Waals surface area (Å²) < 4.78 is 0. The smallest absolute Gasteiger partial charge is 0.0448 e. The van der Waals surface area contributed by atoms with Crippen LogP contribution in [0.3, 0.4) is 0 Å². The average molecular weight is 290 g/mol. The molecule has 0 aliphatic rings. The van der Waals surface area contributed by atoms with Gasteiger partial charge in [0.15, 0.2) is 0 Å². The Hall–Kier alpha value is -1.84. The van der Waals surface area contributed by atoms with Gasteiger partial charge in [0.2, 0.25) is 0 Å². The molecule has 0 N–H and O–H groups in total. The van der Waals surface area contributed by atoms with Gasteiger partial charge in [0.05, 0.1) is 0 Å². The summed E-state index contributed by atoms with van der Waals surface area (Å²) in [4.78, 5) is 21.6. The molecule has 0 radical (unpaired) electrons. The van der Waals surface area contributed by atoms with Crippen LogP contribution in [-0.2, 0) is 22.4 Å². The molecule has 4 nitrogen and oxygen atoms in total. The van der Waals surface area contributed by atoms with E-state index in [-0.39, 0.29) is 6.42 Å². The van der Waals surface area contributed by atoms with Gasteiger partial charge in [-0.15, -0.1) is 0 Å². The summed E-state index contributed by atoms with van der Waals surface area (Å²) in [5.41, 5.74) is 2.19. The molecule has 0 fully saturated rings. The van der Waals surface area contributed by atoms with Crippen molar-refractivity contribution in [3.05, 3.63) is 35.4 Å². The number of rotatable bonds is 10. The third-order valence-corrected chi connectivity index (χ3v) is 3.65. The second-order valence-corrected chi connectivity index (χ2v) is 5.36. The van der Waals surface area contributed by atoms with Crippen LogP contribution >= 0.6 is 0 Å². The van der Waals surface area contributed by atoms with Crippen molar-refractivity contribution in [2.45, 2.75) is 51.9 Å². The van der Waals surface area contributed by atoms with E-state index in [4.69, 9.17) is 0 Å². The van der Waals surface area contributed by atoms with E-state index in [1.165, 1.54) is 5.56 Å². The number of carboxylic acids is 2. The van der Waals surface area contributed by atoms with Crippen molar-refractivity contribution < 1.29 is 19.8 Å². The van der Waals surface area contributed by atoms with E-state index >= 15 is 0 Å². The maximum atomic E-state index is 11.2. The van der Waals surface area contributed by atoms with Gasteiger partial charge in [-0.1, -0.05) is 37.6 Å². The predicted molar refractivity (Wildman–Crippen MR) is 76.1 cm³/mol. The van der Waals surface area contributed by atoms with Crippen LogP contribution in [0.4, 0.5) is 0 Å². The van der Waals surface area contributed by atoms with Crippen molar-refractivity contribution in [2.24, 2.45) is 5.92 Å². The molecule has 0 heterocycles. The van der Waals surface area contributed by atoms with E-state index in [1.807, 2.05) is 24.3 Å². The Balaban J connectivity index is 2.69. The summed E-state index contributed by atoms with van der Waals surface area (Å²) >= 11 is 0. The maximum Gasteiger partial charge on any atom is 0.0448 e. The van der Waals surface area contributed by atoms with Crippen LogP contribution in [0.5, 0.6) is 0 Å². The van der Waals surface area contributed by atoms with Crippen molar-refractivity contribution in [1.29, 1.82) is 0 Å². The highest BCUT2D eigenvalue weighted by Gasteiger charge is 2.13. The molecule has 0 bridgehead atoms. The third-order valence-electron chi connectivity index (χ3n) is 3.65. The fraction of sp³-hybridized carbons (Fsp3) is 0.529. The van der Waals surface area contributed by atoms with Gasteiger partial charge in [-0.2, -0.15) is 0 Å². The second kappa shape index (κ2) is 9.16. The molecule has 0 spiro atoms. The molecule has 21 heavy (non-hydrogen) atoms. The normalized spacial score (nSPS) is 12.0. The first kappa shape index (κ1) is 17.2. The number of benzene rings is 1. The van der Waals surface area contributed by atoms with Crippen LogP contribution < -0.4 is 10.2 Å². The van der Waals surface area contributed by atoms with Gasteiger partial charge in [-0.05, 0) is 49.7 Å². The molecule has 0 amide bonds. The lowest BCUT2D eigenvalue weighted by molar-refractivity contribution is -0.313. The molecule has 0 saturated heterocycles. The lowest BCUT2D eigenvalue weighted by Crippen LogP contribution is -2.33. The highest BCUT2D eigenvalue weighted by Crippen LogP contribution is 2.19. The zero-order chi connectivity index (χ0) is 15.7. The van der Waals surface area contributed by atoms with Gasteiger partial charge in [0.1, 0.15) is 0 Å².